The van der Waals surface area contributed by atoms with Crippen molar-refractivity contribution in [2.45, 2.75) is 79.3 Å². The van der Waals surface area contributed by atoms with Crippen LogP contribution in [0.3, 0.4) is 0 Å². The fraction of sp³-hybridized carbons (Fsp3) is 0.875. The Kier molecular flexibility index (Phi) is 3.00. The van der Waals surface area contributed by atoms with Gasteiger partial charge >= 0.3 is 6.92 Å². The monoisotopic (exact) mass is 264 g/mol. The predicted molar refractivity (Wildman–Crippen MR) is 81.2 cm³/mol. The molecular formula is C16H29BO2. The van der Waals surface area contributed by atoms with Gasteiger partial charge in [-0.25, -0.2) is 0 Å². The molecule has 0 radical (unpaired) electrons. The smallest absolute Gasteiger partial charge is 0.370 e. The highest BCUT2D eigenvalue weighted by molar-refractivity contribution is 6.62. The SMILES string of the molecule is CC1B(C2=CC(C)(C)C(C)(C)O2)OC(C)(C)C1(C)C. The Morgan fingerprint density at radius 1 is 0.947 bits per heavy atom. The molecule has 0 aromatic rings. The zero-order valence-corrected chi connectivity index (χ0v) is 14.0. The van der Waals surface area contributed by atoms with E-state index >= 15 is 0 Å². The molecule has 3 heteroatoms. The molecule has 1 unspecified atom stereocenters. The van der Waals surface area contributed by atoms with Gasteiger partial charge in [-0.15, -0.1) is 0 Å². The van der Waals surface area contributed by atoms with Gasteiger partial charge < -0.3 is 9.39 Å². The predicted octanol–water partition coefficient (Wildman–Crippen LogP) is 4.46. The summed E-state index contributed by atoms with van der Waals surface area (Å²) >= 11 is 0. The van der Waals surface area contributed by atoms with Crippen molar-refractivity contribution in [1.82, 2.24) is 0 Å². The average molecular weight is 264 g/mol. The summed E-state index contributed by atoms with van der Waals surface area (Å²) in [7, 11) is 0. The van der Waals surface area contributed by atoms with Crippen LogP contribution in [-0.4, -0.2) is 18.1 Å². The molecule has 0 spiro atoms. The molecule has 0 aromatic heterocycles. The van der Waals surface area contributed by atoms with E-state index < -0.39 is 0 Å². The largest absolute Gasteiger partial charge is 0.498 e. The van der Waals surface area contributed by atoms with E-state index in [4.69, 9.17) is 9.39 Å². The van der Waals surface area contributed by atoms with Crippen molar-refractivity contribution in [1.29, 1.82) is 0 Å². The molecule has 2 heterocycles. The fourth-order valence-corrected chi connectivity index (χ4v) is 2.93. The van der Waals surface area contributed by atoms with E-state index in [0.29, 0.717) is 5.82 Å². The van der Waals surface area contributed by atoms with E-state index in [-0.39, 0.29) is 28.9 Å². The molecule has 0 aliphatic carbocycles. The summed E-state index contributed by atoms with van der Waals surface area (Å²) in [5, 5.41) is 0. The lowest BCUT2D eigenvalue weighted by Gasteiger charge is -2.36. The zero-order valence-electron chi connectivity index (χ0n) is 14.0. The topological polar surface area (TPSA) is 18.5 Å². The number of rotatable bonds is 1. The molecule has 2 rings (SSSR count). The Labute approximate surface area is 119 Å². The number of hydrogen-bond acceptors (Lipinski definition) is 2. The first kappa shape index (κ1) is 15.0. The van der Waals surface area contributed by atoms with Gasteiger partial charge in [0.1, 0.15) is 5.60 Å². The summed E-state index contributed by atoms with van der Waals surface area (Å²) in [5.74, 6) is 0.443. The third kappa shape index (κ3) is 1.96. The Hall–Kier alpha value is -0.435. The molecular weight excluding hydrogens is 235 g/mol. The Bertz CT molecular complexity index is 418. The zero-order chi connectivity index (χ0) is 14.9. The number of ether oxygens (including phenoxy) is 1. The molecule has 0 bridgehead atoms. The second-order valence-electron chi connectivity index (χ2n) is 8.44. The molecule has 0 N–H and O–H groups in total. The maximum atomic E-state index is 6.35. The summed E-state index contributed by atoms with van der Waals surface area (Å²) in [6, 6.07) is 0. The molecule has 1 saturated heterocycles. The first-order valence-corrected chi connectivity index (χ1v) is 7.41. The minimum absolute atomic E-state index is 0.0439. The Balaban J connectivity index is 2.32. The van der Waals surface area contributed by atoms with E-state index in [2.05, 4.69) is 68.4 Å². The first-order valence-electron chi connectivity index (χ1n) is 7.41. The quantitative estimate of drug-likeness (QED) is 0.651. The standard InChI is InChI=1S/C16H29BO2/c1-11-14(4,5)16(8,9)19-17(11)12-10-13(2,3)15(6,7)18-12/h10-11H,1-9H3. The molecule has 0 aromatic carbocycles. The second kappa shape index (κ2) is 3.81. The van der Waals surface area contributed by atoms with Crippen LogP contribution < -0.4 is 0 Å². The van der Waals surface area contributed by atoms with Crippen LogP contribution in [0.4, 0.5) is 0 Å². The molecule has 1 fully saturated rings. The van der Waals surface area contributed by atoms with Crippen LogP contribution in [0.5, 0.6) is 0 Å². The van der Waals surface area contributed by atoms with E-state index in [1.807, 2.05) is 0 Å². The lowest BCUT2D eigenvalue weighted by molar-refractivity contribution is -0.00513. The minimum atomic E-state index is -0.164. The Morgan fingerprint density at radius 2 is 1.47 bits per heavy atom. The summed E-state index contributed by atoms with van der Waals surface area (Å²) < 4.78 is 12.6. The van der Waals surface area contributed by atoms with Crippen molar-refractivity contribution in [2.75, 3.05) is 0 Å². The van der Waals surface area contributed by atoms with Crippen LogP contribution in [0, 0.1) is 10.8 Å². The van der Waals surface area contributed by atoms with Crippen LogP contribution in [0.2, 0.25) is 5.82 Å². The highest BCUT2D eigenvalue weighted by Crippen LogP contribution is 2.56. The normalized spacial score (nSPS) is 34.1. The van der Waals surface area contributed by atoms with Crippen LogP contribution >= 0.6 is 0 Å². The third-order valence-electron chi connectivity index (χ3n) is 6.27. The van der Waals surface area contributed by atoms with Gasteiger partial charge in [0.05, 0.1) is 11.3 Å². The van der Waals surface area contributed by atoms with Crippen molar-refractivity contribution in [3.63, 3.8) is 0 Å². The van der Waals surface area contributed by atoms with Crippen LogP contribution in [0.15, 0.2) is 11.7 Å². The van der Waals surface area contributed by atoms with Crippen molar-refractivity contribution >= 4 is 6.92 Å². The minimum Gasteiger partial charge on any atom is -0.498 e. The summed E-state index contributed by atoms with van der Waals surface area (Å²) in [6.45, 7) is 20.1. The molecule has 2 aliphatic heterocycles. The molecule has 2 nitrogen and oxygen atoms in total. The molecule has 19 heavy (non-hydrogen) atoms. The summed E-state index contributed by atoms with van der Waals surface area (Å²) in [6.07, 6.45) is 2.27. The van der Waals surface area contributed by atoms with Gasteiger partial charge in [-0.2, -0.15) is 0 Å². The van der Waals surface area contributed by atoms with Gasteiger partial charge in [0, 0.05) is 5.41 Å². The highest BCUT2D eigenvalue weighted by atomic mass is 16.5. The maximum Gasteiger partial charge on any atom is 0.370 e. The summed E-state index contributed by atoms with van der Waals surface area (Å²) in [5.41, 5.74) is 0.919. The van der Waals surface area contributed by atoms with Gasteiger partial charge in [0.2, 0.25) is 0 Å². The first-order chi connectivity index (χ1) is 8.32. The van der Waals surface area contributed by atoms with E-state index in [9.17, 15) is 0 Å². The van der Waals surface area contributed by atoms with Gasteiger partial charge in [-0.1, -0.05) is 34.6 Å². The maximum absolute atomic E-state index is 6.35. The van der Waals surface area contributed by atoms with Crippen LogP contribution in [0.25, 0.3) is 0 Å². The Morgan fingerprint density at radius 3 is 1.79 bits per heavy atom. The van der Waals surface area contributed by atoms with Gasteiger partial charge in [-0.05, 0) is 45.0 Å². The van der Waals surface area contributed by atoms with Crippen molar-refractivity contribution in [2.24, 2.45) is 10.8 Å². The lowest BCUT2D eigenvalue weighted by Crippen LogP contribution is -2.36. The van der Waals surface area contributed by atoms with Crippen molar-refractivity contribution in [3.05, 3.63) is 11.7 Å². The summed E-state index contributed by atoms with van der Waals surface area (Å²) in [4.78, 5) is 0. The second-order valence-corrected chi connectivity index (χ2v) is 8.44. The van der Waals surface area contributed by atoms with Crippen molar-refractivity contribution in [3.8, 4) is 0 Å². The van der Waals surface area contributed by atoms with E-state index in [1.54, 1.807) is 0 Å². The fourth-order valence-electron chi connectivity index (χ4n) is 2.93. The van der Waals surface area contributed by atoms with Crippen molar-refractivity contribution < 1.29 is 9.39 Å². The van der Waals surface area contributed by atoms with Gasteiger partial charge in [0.25, 0.3) is 0 Å². The molecule has 0 saturated carbocycles. The average Bonchev–Trinajstić information content (AvgIpc) is 2.51. The van der Waals surface area contributed by atoms with E-state index in [0.717, 1.165) is 5.66 Å². The molecule has 0 amide bonds. The van der Waals surface area contributed by atoms with Crippen LogP contribution in [0.1, 0.15) is 62.3 Å². The number of hydrogen-bond donors (Lipinski definition) is 0. The van der Waals surface area contributed by atoms with E-state index in [1.165, 1.54) is 0 Å². The third-order valence-corrected chi connectivity index (χ3v) is 6.27. The molecule has 108 valence electrons. The van der Waals surface area contributed by atoms with Gasteiger partial charge in [-0.3, -0.25) is 0 Å². The van der Waals surface area contributed by atoms with Crippen LogP contribution in [-0.2, 0) is 9.39 Å². The molecule has 2 aliphatic rings. The highest BCUT2D eigenvalue weighted by Gasteiger charge is 2.59. The lowest BCUT2D eigenvalue weighted by atomic mass is 9.48. The molecule has 1 atom stereocenters. The van der Waals surface area contributed by atoms with Gasteiger partial charge in [0.15, 0.2) is 0 Å².